The summed E-state index contributed by atoms with van der Waals surface area (Å²) in [5.74, 6) is 0.740. The fraction of sp³-hybridized carbons (Fsp3) is 0.286. The Morgan fingerprint density at radius 3 is 2.37 bits per heavy atom. The topological polar surface area (TPSA) is 67.9 Å². The number of hydrogen-bond donors (Lipinski definition) is 1. The molecule has 3 aromatic rings. The summed E-state index contributed by atoms with van der Waals surface area (Å²) in [4.78, 5) is 28.1. The minimum absolute atomic E-state index is 0.198. The average molecular weight is 539 g/mol. The maximum absolute atomic E-state index is 13.5. The highest BCUT2D eigenvalue weighted by molar-refractivity contribution is 9.10. The fourth-order valence-electron chi connectivity index (χ4n) is 3.79. The van der Waals surface area contributed by atoms with Gasteiger partial charge < -0.3 is 19.7 Å². The number of ether oxygens (including phenoxy) is 2. The molecule has 1 atom stereocenters. The lowest BCUT2D eigenvalue weighted by Gasteiger charge is -2.31. The molecule has 0 aliphatic rings. The first-order chi connectivity index (χ1) is 16.9. The van der Waals surface area contributed by atoms with Crippen molar-refractivity contribution in [3.8, 4) is 11.5 Å². The standard InChI is InChI=1S/C28H31BrN2O4/c1-4-20-13-14-26(24(29)16-20)35-19-27(32)31(18-22-11-8-12-23(15-22)34-3)25(28(33)30-2)17-21-9-6-5-7-10-21/h5-16,25H,4,17-19H2,1-3H3,(H,30,33). The van der Waals surface area contributed by atoms with Crippen LogP contribution in [0, 0.1) is 0 Å². The van der Waals surface area contributed by atoms with E-state index in [1.807, 2.05) is 72.8 Å². The molecule has 0 saturated carbocycles. The highest BCUT2D eigenvalue weighted by Gasteiger charge is 2.30. The molecule has 0 saturated heterocycles. The molecule has 3 aromatic carbocycles. The zero-order valence-corrected chi connectivity index (χ0v) is 21.9. The van der Waals surface area contributed by atoms with E-state index in [-0.39, 0.29) is 25.0 Å². The zero-order valence-electron chi connectivity index (χ0n) is 20.3. The lowest BCUT2D eigenvalue weighted by molar-refractivity contribution is -0.142. The van der Waals surface area contributed by atoms with Crippen LogP contribution >= 0.6 is 15.9 Å². The number of nitrogens with zero attached hydrogens (tertiary/aromatic N) is 1. The van der Waals surface area contributed by atoms with Crippen LogP contribution in [-0.4, -0.2) is 43.5 Å². The van der Waals surface area contributed by atoms with Crippen molar-refractivity contribution in [3.63, 3.8) is 0 Å². The van der Waals surface area contributed by atoms with E-state index in [2.05, 4.69) is 28.2 Å². The van der Waals surface area contributed by atoms with Crippen LogP contribution in [0.3, 0.4) is 0 Å². The summed E-state index contributed by atoms with van der Waals surface area (Å²) in [5.41, 5.74) is 2.98. The first kappa shape index (κ1) is 26.3. The smallest absolute Gasteiger partial charge is 0.261 e. The molecule has 184 valence electrons. The van der Waals surface area contributed by atoms with Gasteiger partial charge in [-0.1, -0.05) is 55.5 Å². The van der Waals surface area contributed by atoms with Gasteiger partial charge in [0.15, 0.2) is 6.61 Å². The van der Waals surface area contributed by atoms with Crippen molar-refractivity contribution in [2.75, 3.05) is 20.8 Å². The quantitative estimate of drug-likeness (QED) is 0.381. The van der Waals surface area contributed by atoms with Crippen molar-refractivity contribution in [1.29, 1.82) is 0 Å². The van der Waals surface area contributed by atoms with Crippen LogP contribution in [0.15, 0.2) is 77.3 Å². The third-order valence-electron chi connectivity index (χ3n) is 5.76. The molecule has 35 heavy (non-hydrogen) atoms. The molecule has 1 unspecified atom stereocenters. The van der Waals surface area contributed by atoms with E-state index in [0.29, 0.717) is 17.9 Å². The third-order valence-corrected chi connectivity index (χ3v) is 6.38. The number of halogens is 1. The van der Waals surface area contributed by atoms with Gasteiger partial charge in [-0.25, -0.2) is 0 Å². The van der Waals surface area contributed by atoms with Crippen molar-refractivity contribution in [3.05, 3.63) is 94.0 Å². The van der Waals surface area contributed by atoms with E-state index in [0.717, 1.165) is 27.6 Å². The van der Waals surface area contributed by atoms with Gasteiger partial charge in [-0.15, -0.1) is 0 Å². The molecule has 0 fully saturated rings. The number of hydrogen-bond acceptors (Lipinski definition) is 4. The second-order valence-corrected chi connectivity index (χ2v) is 8.95. The average Bonchev–Trinajstić information content (AvgIpc) is 2.89. The highest BCUT2D eigenvalue weighted by atomic mass is 79.9. The molecule has 3 rings (SSSR count). The molecule has 6 nitrogen and oxygen atoms in total. The van der Waals surface area contributed by atoms with Crippen LogP contribution in [0.25, 0.3) is 0 Å². The molecule has 0 radical (unpaired) electrons. The minimum atomic E-state index is -0.712. The molecule has 0 aliphatic carbocycles. The molecule has 1 N–H and O–H groups in total. The van der Waals surface area contributed by atoms with Gasteiger partial charge in [0.25, 0.3) is 5.91 Å². The predicted molar refractivity (Wildman–Crippen MR) is 141 cm³/mol. The van der Waals surface area contributed by atoms with Gasteiger partial charge in [0.05, 0.1) is 11.6 Å². The first-order valence-corrected chi connectivity index (χ1v) is 12.3. The van der Waals surface area contributed by atoms with Crippen molar-refractivity contribution in [1.82, 2.24) is 10.2 Å². The van der Waals surface area contributed by atoms with E-state index in [1.54, 1.807) is 19.1 Å². The van der Waals surface area contributed by atoms with Crippen LogP contribution in [0.4, 0.5) is 0 Å². The number of nitrogens with one attached hydrogen (secondary N) is 1. The second-order valence-electron chi connectivity index (χ2n) is 8.10. The number of amides is 2. The van der Waals surface area contributed by atoms with E-state index in [1.165, 1.54) is 0 Å². The maximum atomic E-state index is 13.5. The van der Waals surface area contributed by atoms with Crippen molar-refractivity contribution in [2.24, 2.45) is 0 Å². The van der Waals surface area contributed by atoms with Gasteiger partial charge in [0, 0.05) is 20.0 Å². The molecular weight excluding hydrogens is 508 g/mol. The molecule has 0 bridgehead atoms. The number of carbonyl (C=O) groups excluding carboxylic acids is 2. The highest BCUT2D eigenvalue weighted by Crippen LogP contribution is 2.26. The van der Waals surface area contributed by atoms with Gasteiger partial charge in [-0.3, -0.25) is 9.59 Å². The Labute approximate surface area is 215 Å². The summed E-state index contributed by atoms with van der Waals surface area (Å²) in [6.45, 7) is 2.12. The monoisotopic (exact) mass is 538 g/mol. The number of methoxy groups -OCH3 is 1. The Morgan fingerprint density at radius 2 is 1.71 bits per heavy atom. The molecule has 2 amide bonds. The number of likely N-dealkylation sites (N-methyl/N-ethyl adjacent to an activating group) is 1. The number of aryl methyl sites for hydroxylation is 1. The van der Waals surface area contributed by atoms with E-state index < -0.39 is 6.04 Å². The van der Waals surface area contributed by atoms with Gasteiger partial charge in [0.2, 0.25) is 5.91 Å². The number of benzene rings is 3. The van der Waals surface area contributed by atoms with Crippen LogP contribution in [0.2, 0.25) is 0 Å². The van der Waals surface area contributed by atoms with E-state index >= 15 is 0 Å². The summed E-state index contributed by atoms with van der Waals surface area (Å²) >= 11 is 3.52. The van der Waals surface area contributed by atoms with Gasteiger partial charge >= 0.3 is 0 Å². The Kier molecular flexibility index (Phi) is 9.73. The summed E-state index contributed by atoms with van der Waals surface area (Å²) in [6.07, 6.45) is 1.28. The number of rotatable bonds is 11. The minimum Gasteiger partial charge on any atom is -0.497 e. The van der Waals surface area contributed by atoms with Crippen molar-refractivity contribution >= 4 is 27.7 Å². The lowest BCUT2D eigenvalue weighted by atomic mass is 10.0. The van der Waals surface area contributed by atoms with Crippen molar-refractivity contribution < 1.29 is 19.1 Å². The summed E-state index contributed by atoms with van der Waals surface area (Å²) in [5, 5.41) is 2.72. The molecule has 0 aromatic heterocycles. The van der Waals surface area contributed by atoms with Gasteiger partial charge in [-0.2, -0.15) is 0 Å². The largest absolute Gasteiger partial charge is 0.497 e. The Balaban J connectivity index is 1.88. The predicted octanol–water partition coefficient (Wildman–Crippen LogP) is 4.79. The van der Waals surface area contributed by atoms with Gasteiger partial charge in [-0.05, 0) is 63.3 Å². The van der Waals surface area contributed by atoms with Crippen LogP contribution in [0.1, 0.15) is 23.6 Å². The van der Waals surface area contributed by atoms with Gasteiger partial charge in [0.1, 0.15) is 17.5 Å². The fourth-order valence-corrected chi connectivity index (χ4v) is 4.33. The number of carbonyl (C=O) groups is 2. The molecule has 0 heterocycles. The summed E-state index contributed by atoms with van der Waals surface area (Å²) < 4.78 is 12.0. The molecule has 0 aliphatic heterocycles. The molecular formula is C28H31BrN2O4. The van der Waals surface area contributed by atoms with Crippen LogP contribution in [0.5, 0.6) is 11.5 Å². The SMILES string of the molecule is CCc1ccc(OCC(=O)N(Cc2cccc(OC)c2)C(Cc2ccccc2)C(=O)NC)c(Br)c1. The maximum Gasteiger partial charge on any atom is 0.261 e. The Hall–Kier alpha value is -3.32. The van der Waals surface area contributed by atoms with Crippen LogP contribution < -0.4 is 14.8 Å². The third kappa shape index (κ3) is 7.33. The van der Waals surface area contributed by atoms with E-state index in [4.69, 9.17) is 9.47 Å². The normalized spacial score (nSPS) is 11.4. The molecule has 0 spiro atoms. The lowest BCUT2D eigenvalue weighted by Crippen LogP contribution is -2.51. The van der Waals surface area contributed by atoms with E-state index in [9.17, 15) is 9.59 Å². The first-order valence-electron chi connectivity index (χ1n) is 11.5. The summed E-state index contributed by atoms with van der Waals surface area (Å²) in [7, 11) is 3.18. The summed E-state index contributed by atoms with van der Waals surface area (Å²) in [6, 6.07) is 22.2. The van der Waals surface area contributed by atoms with Crippen LogP contribution in [-0.2, 0) is 29.0 Å². The zero-order chi connectivity index (χ0) is 25.2. The Bertz CT molecular complexity index is 1140. The Morgan fingerprint density at radius 1 is 0.971 bits per heavy atom. The van der Waals surface area contributed by atoms with Crippen molar-refractivity contribution in [2.45, 2.75) is 32.4 Å². The second kappa shape index (κ2) is 13.0. The molecule has 7 heteroatoms.